The van der Waals surface area contributed by atoms with Gasteiger partial charge in [0.25, 0.3) is 5.91 Å². The van der Waals surface area contributed by atoms with Gasteiger partial charge in [-0.25, -0.2) is 0 Å². The highest BCUT2D eigenvalue weighted by molar-refractivity contribution is 7.10. The minimum atomic E-state index is -0.271. The van der Waals surface area contributed by atoms with Crippen LogP contribution in [0.5, 0.6) is 5.75 Å². The van der Waals surface area contributed by atoms with E-state index in [1.54, 1.807) is 24.3 Å². The lowest BCUT2D eigenvalue weighted by Crippen LogP contribution is -2.24. The maximum atomic E-state index is 11.3. The summed E-state index contributed by atoms with van der Waals surface area (Å²) in [6.07, 6.45) is 0.637. The zero-order chi connectivity index (χ0) is 10.4. The van der Waals surface area contributed by atoms with E-state index in [1.165, 1.54) is 0 Å². The number of hydrogen-bond acceptors (Lipinski definition) is 3. The van der Waals surface area contributed by atoms with Crippen molar-refractivity contribution in [2.45, 2.75) is 0 Å². The summed E-state index contributed by atoms with van der Waals surface area (Å²) >= 11 is 0. The molecule has 1 rings (SSSR count). The zero-order valence-corrected chi connectivity index (χ0v) is 8.55. The molecule has 0 aromatic heterocycles. The van der Waals surface area contributed by atoms with Crippen LogP contribution in [-0.4, -0.2) is 18.7 Å². The van der Waals surface area contributed by atoms with E-state index in [0.29, 0.717) is 17.6 Å². The molecule has 0 saturated heterocycles. The lowest BCUT2D eigenvalue weighted by Gasteiger charge is -2.02. The van der Waals surface area contributed by atoms with E-state index in [0.717, 1.165) is 0 Å². The van der Waals surface area contributed by atoms with Gasteiger partial charge < -0.3 is 14.6 Å². The molecular formula is C9H10NO3P. The first-order chi connectivity index (χ1) is 6.77. The minimum absolute atomic E-state index is 0.0285. The highest BCUT2D eigenvalue weighted by Gasteiger charge is 2.03. The molecule has 5 heteroatoms. The van der Waals surface area contributed by atoms with Crippen molar-refractivity contribution in [1.82, 2.24) is 5.32 Å². The van der Waals surface area contributed by atoms with Crippen LogP contribution in [0.2, 0.25) is 0 Å². The molecule has 1 amide bonds. The van der Waals surface area contributed by atoms with Crippen molar-refractivity contribution in [1.29, 1.82) is 0 Å². The third-order valence-electron chi connectivity index (χ3n) is 1.60. The van der Waals surface area contributed by atoms with Gasteiger partial charge in [0.05, 0.1) is 16.0 Å². The first kappa shape index (κ1) is 10.7. The van der Waals surface area contributed by atoms with Crippen LogP contribution >= 0.6 is 9.47 Å². The van der Waals surface area contributed by atoms with Crippen LogP contribution in [-0.2, 0) is 4.79 Å². The van der Waals surface area contributed by atoms with Crippen molar-refractivity contribution in [3.63, 3.8) is 0 Å². The minimum Gasteiger partial charge on any atom is -0.480 e. The summed E-state index contributed by atoms with van der Waals surface area (Å²) < 4.78 is 4.86. The van der Waals surface area contributed by atoms with Gasteiger partial charge in [-0.15, -0.1) is 0 Å². The molecule has 1 unspecified atom stereocenters. The van der Waals surface area contributed by atoms with Crippen LogP contribution in [0.3, 0.4) is 0 Å². The van der Waals surface area contributed by atoms with Gasteiger partial charge in [0.1, 0.15) is 12.0 Å². The first-order valence-corrected chi connectivity index (χ1v) is 4.43. The van der Waals surface area contributed by atoms with Gasteiger partial charge in [0, 0.05) is 5.56 Å². The van der Waals surface area contributed by atoms with Crippen molar-refractivity contribution in [2.75, 3.05) is 6.54 Å². The number of carbonyl (C=O) groups is 2. The largest absolute Gasteiger partial charge is 0.480 e. The lowest BCUT2D eigenvalue weighted by atomic mass is 10.2. The Kier molecular flexibility index (Phi) is 4.08. The smallest absolute Gasteiger partial charge is 0.251 e. The zero-order valence-electron chi connectivity index (χ0n) is 7.40. The third kappa shape index (κ3) is 2.82. The molecule has 0 aliphatic carbocycles. The van der Waals surface area contributed by atoms with E-state index in [9.17, 15) is 9.59 Å². The molecule has 0 radical (unpaired) electrons. The molecule has 0 bridgehead atoms. The number of benzene rings is 1. The fraction of sp³-hybridized carbons (Fsp3) is 0.111. The van der Waals surface area contributed by atoms with Gasteiger partial charge in [0.2, 0.25) is 0 Å². The highest BCUT2D eigenvalue weighted by Crippen LogP contribution is 2.13. The predicted molar refractivity (Wildman–Crippen MR) is 55.2 cm³/mol. The summed E-state index contributed by atoms with van der Waals surface area (Å²) in [5.41, 5.74) is 0.498. The maximum Gasteiger partial charge on any atom is 0.251 e. The number of nitrogens with one attached hydrogen (secondary N) is 1. The monoisotopic (exact) mass is 211 g/mol. The molecule has 74 valence electrons. The lowest BCUT2D eigenvalue weighted by molar-refractivity contribution is -0.107. The van der Waals surface area contributed by atoms with Crippen LogP contribution in [0.1, 0.15) is 10.4 Å². The van der Waals surface area contributed by atoms with Crippen LogP contribution in [0.4, 0.5) is 0 Å². The van der Waals surface area contributed by atoms with Gasteiger partial charge in [0.15, 0.2) is 0 Å². The molecule has 0 saturated carbocycles. The molecule has 1 aromatic rings. The maximum absolute atomic E-state index is 11.3. The second kappa shape index (κ2) is 5.35. The normalized spacial score (nSPS) is 9.21. The van der Waals surface area contributed by atoms with Crippen molar-refractivity contribution in [3.8, 4) is 5.75 Å². The number of carbonyl (C=O) groups excluding carboxylic acids is 2. The number of hydrogen-bond donors (Lipinski definition) is 1. The molecule has 0 heterocycles. The molecule has 1 aromatic carbocycles. The Hall–Kier alpha value is -1.41. The Bertz CT molecular complexity index is 323. The van der Waals surface area contributed by atoms with E-state index in [1.807, 2.05) is 0 Å². The fourth-order valence-corrected chi connectivity index (χ4v) is 1.08. The SMILES string of the molecule is O=CCNC(=O)c1ccc(OP)cc1. The Labute approximate surface area is 83.9 Å². The Balaban J connectivity index is 2.66. The number of aldehydes is 1. The average molecular weight is 211 g/mol. The van der Waals surface area contributed by atoms with Crippen molar-refractivity contribution in [2.24, 2.45) is 0 Å². The van der Waals surface area contributed by atoms with Gasteiger partial charge in [-0.2, -0.15) is 0 Å². The molecule has 4 nitrogen and oxygen atoms in total. The molecule has 1 atom stereocenters. The molecule has 0 aliphatic heterocycles. The predicted octanol–water partition coefficient (Wildman–Crippen LogP) is 0.784. The molecule has 0 aliphatic rings. The van der Waals surface area contributed by atoms with Gasteiger partial charge >= 0.3 is 0 Å². The molecule has 14 heavy (non-hydrogen) atoms. The second-order valence-corrected chi connectivity index (χ2v) is 2.75. The van der Waals surface area contributed by atoms with Crippen molar-refractivity contribution in [3.05, 3.63) is 29.8 Å². The van der Waals surface area contributed by atoms with Crippen LogP contribution < -0.4 is 9.84 Å². The van der Waals surface area contributed by atoms with Crippen LogP contribution in [0, 0.1) is 0 Å². The summed E-state index contributed by atoms with van der Waals surface area (Å²) in [5.74, 6) is 0.384. The summed E-state index contributed by atoms with van der Waals surface area (Å²) in [4.78, 5) is 21.3. The quantitative estimate of drug-likeness (QED) is 0.591. The molecule has 0 spiro atoms. The molecule has 1 N–H and O–H groups in total. The summed E-state index contributed by atoms with van der Waals surface area (Å²) in [6.45, 7) is 0.0285. The van der Waals surface area contributed by atoms with Crippen LogP contribution in [0.25, 0.3) is 0 Å². The standard InChI is InChI=1S/C9H10NO3P/c11-6-5-10-9(12)7-1-3-8(13-14)4-2-7/h1-4,6H,5,14H2,(H,10,12). The Morgan fingerprint density at radius 3 is 2.57 bits per heavy atom. The Morgan fingerprint density at radius 2 is 2.07 bits per heavy atom. The van der Waals surface area contributed by atoms with Gasteiger partial charge in [-0.05, 0) is 24.3 Å². The second-order valence-electron chi connectivity index (χ2n) is 2.52. The van der Waals surface area contributed by atoms with Crippen molar-refractivity contribution < 1.29 is 14.1 Å². The van der Waals surface area contributed by atoms with E-state index >= 15 is 0 Å². The van der Waals surface area contributed by atoms with E-state index in [2.05, 4.69) is 14.8 Å². The van der Waals surface area contributed by atoms with E-state index in [4.69, 9.17) is 4.52 Å². The molecule has 0 fully saturated rings. The van der Waals surface area contributed by atoms with Gasteiger partial charge in [-0.3, -0.25) is 4.79 Å². The summed E-state index contributed by atoms with van der Waals surface area (Å²) in [6, 6.07) is 6.59. The molecular weight excluding hydrogens is 201 g/mol. The first-order valence-electron chi connectivity index (χ1n) is 3.96. The number of amides is 1. The third-order valence-corrected chi connectivity index (χ3v) is 1.87. The average Bonchev–Trinajstić information content (AvgIpc) is 2.26. The Morgan fingerprint density at radius 1 is 1.43 bits per heavy atom. The van der Waals surface area contributed by atoms with Crippen molar-refractivity contribution >= 4 is 21.7 Å². The highest BCUT2D eigenvalue weighted by atomic mass is 31.0. The summed E-state index contributed by atoms with van der Waals surface area (Å²) in [7, 11) is 2.12. The van der Waals surface area contributed by atoms with E-state index in [-0.39, 0.29) is 12.5 Å². The van der Waals surface area contributed by atoms with Crippen LogP contribution in [0.15, 0.2) is 24.3 Å². The number of rotatable bonds is 4. The van der Waals surface area contributed by atoms with E-state index < -0.39 is 0 Å². The van der Waals surface area contributed by atoms with Gasteiger partial charge in [-0.1, -0.05) is 0 Å². The topological polar surface area (TPSA) is 55.4 Å². The fourth-order valence-electron chi connectivity index (χ4n) is 0.921. The summed E-state index contributed by atoms with van der Waals surface area (Å²) in [5, 5.41) is 2.43.